The Morgan fingerprint density at radius 3 is 2.88 bits per heavy atom. The number of carbonyl (C=O) groups excluding carboxylic acids is 1. The third-order valence-electron chi connectivity index (χ3n) is 3.67. The van der Waals surface area contributed by atoms with Crippen molar-refractivity contribution in [2.24, 2.45) is 0 Å². The number of anilines is 1. The molecule has 1 aliphatic rings. The molecule has 3 atom stereocenters. The van der Waals surface area contributed by atoms with Crippen LogP contribution in [0.5, 0.6) is 0 Å². The van der Waals surface area contributed by atoms with Gasteiger partial charge in [0.05, 0.1) is 19.1 Å². The van der Waals surface area contributed by atoms with E-state index in [-0.39, 0.29) is 11.3 Å². The fraction of sp³-hybridized carbons (Fsp3) is 0.267. The lowest BCUT2D eigenvalue weighted by Crippen LogP contribution is -2.30. The van der Waals surface area contributed by atoms with Crippen LogP contribution in [0.1, 0.15) is 16.8 Å². The summed E-state index contributed by atoms with van der Waals surface area (Å²) in [6.07, 6.45) is -1.33. The van der Waals surface area contributed by atoms with Crippen LogP contribution >= 0.6 is 0 Å². The highest BCUT2D eigenvalue weighted by molar-refractivity contribution is 6.01. The minimum atomic E-state index is -1.21. The maximum atomic E-state index is 14.2. The second-order valence-electron chi connectivity index (χ2n) is 5.29. The number of rotatable bonds is 4. The maximum Gasteiger partial charge on any atom is 0.352 e. The molecule has 9 nitrogen and oxygen atoms in total. The van der Waals surface area contributed by atoms with Gasteiger partial charge in [0.25, 0.3) is 5.91 Å². The number of hydrogen-bond acceptors (Lipinski definition) is 7. The molecular formula is C15H14FN3O6. The van der Waals surface area contributed by atoms with Gasteiger partial charge in [-0.05, 0) is 12.1 Å². The summed E-state index contributed by atoms with van der Waals surface area (Å²) in [6, 6.07) is 2.84. The molecule has 0 saturated carbocycles. The molecule has 0 unspecified atom stereocenters. The standard InChI is InChI=1S/C15H14FN3O6/c1-7-11(21)10(6-20)25-14(7)19-5-8(16)12(18-15(19)23)17-13(22)9-3-2-4-24-9/h2-5,10-11,14,20-21H,1,6H2,(H,17,18,22,23)/t10-,11+,14-/m1/s1. The van der Waals surface area contributed by atoms with Crippen molar-refractivity contribution in [1.82, 2.24) is 9.55 Å². The average Bonchev–Trinajstić information content (AvgIpc) is 3.21. The van der Waals surface area contributed by atoms with Gasteiger partial charge in [-0.3, -0.25) is 9.36 Å². The summed E-state index contributed by atoms with van der Waals surface area (Å²) in [6.45, 7) is 3.09. The second-order valence-corrected chi connectivity index (χ2v) is 5.29. The number of nitrogens with zero attached hydrogens (tertiary/aromatic N) is 2. The first-order valence-corrected chi connectivity index (χ1v) is 7.19. The Kier molecular flexibility index (Phi) is 4.49. The zero-order chi connectivity index (χ0) is 18.1. The summed E-state index contributed by atoms with van der Waals surface area (Å²) in [5.41, 5.74) is -0.859. The molecule has 0 bridgehead atoms. The number of aliphatic hydroxyl groups excluding tert-OH is 2. The molecule has 1 aliphatic heterocycles. The van der Waals surface area contributed by atoms with Crippen molar-refractivity contribution < 1.29 is 28.6 Å². The summed E-state index contributed by atoms with van der Waals surface area (Å²) in [7, 11) is 0. The molecule has 0 radical (unpaired) electrons. The minimum Gasteiger partial charge on any atom is -0.459 e. The monoisotopic (exact) mass is 351 g/mol. The fourth-order valence-electron chi connectivity index (χ4n) is 2.38. The molecular weight excluding hydrogens is 337 g/mol. The predicted molar refractivity (Wildman–Crippen MR) is 81.3 cm³/mol. The van der Waals surface area contributed by atoms with E-state index in [0.29, 0.717) is 0 Å². The normalized spacial score (nSPS) is 23.0. The topological polar surface area (TPSA) is 127 Å². The van der Waals surface area contributed by atoms with Crippen LogP contribution in [-0.4, -0.2) is 44.5 Å². The Balaban J connectivity index is 1.87. The number of aromatic nitrogens is 2. The van der Waals surface area contributed by atoms with Crippen LogP contribution in [0.4, 0.5) is 10.2 Å². The molecule has 0 spiro atoms. The number of hydrogen-bond donors (Lipinski definition) is 3. The molecule has 0 aliphatic carbocycles. The van der Waals surface area contributed by atoms with Crippen molar-refractivity contribution in [1.29, 1.82) is 0 Å². The SMILES string of the molecule is C=C1[C@H](n2cc(F)c(NC(=O)c3ccco3)nc2=O)O[C@H](CO)[C@H]1O. The molecule has 3 N–H and O–H groups in total. The van der Waals surface area contributed by atoms with Crippen molar-refractivity contribution >= 4 is 11.7 Å². The smallest absolute Gasteiger partial charge is 0.352 e. The molecule has 132 valence electrons. The summed E-state index contributed by atoms with van der Waals surface area (Å²) in [5, 5.41) is 21.1. The van der Waals surface area contributed by atoms with E-state index in [1.807, 2.05) is 0 Å². The lowest BCUT2D eigenvalue weighted by molar-refractivity contribution is -0.0449. The Morgan fingerprint density at radius 2 is 2.28 bits per heavy atom. The molecule has 2 aromatic rings. The number of halogens is 1. The van der Waals surface area contributed by atoms with Gasteiger partial charge in [-0.2, -0.15) is 4.98 Å². The van der Waals surface area contributed by atoms with Crippen molar-refractivity contribution in [2.75, 3.05) is 11.9 Å². The molecule has 1 saturated heterocycles. The van der Waals surface area contributed by atoms with Crippen LogP contribution in [0, 0.1) is 5.82 Å². The third kappa shape index (κ3) is 3.09. The number of amides is 1. The summed E-state index contributed by atoms with van der Waals surface area (Å²) >= 11 is 0. The molecule has 2 aromatic heterocycles. The van der Waals surface area contributed by atoms with E-state index in [1.54, 1.807) is 0 Å². The quantitative estimate of drug-likeness (QED) is 0.664. The lowest BCUT2D eigenvalue weighted by Gasteiger charge is -2.15. The van der Waals surface area contributed by atoms with Crippen LogP contribution < -0.4 is 11.0 Å². The van der Waals surface area contributed by atoms with Gasteiger partial charge in [0.2, 0.25) is 0 Å². The Labute approximate surface area is 140 Å². The number of ether oxygens (including phenoxy) is 1. The van der Waals surface area contributed by atoms with Crippen molar-refractivity contribution in [3.05, 3.63) is 58.8 Å². The zero-order valence-corrected chi connectivity index (χ0v) is 12.8. The first-order valence-electron chi connectivity index (χ1n) is 7.19. The van der Waals surface area contributed by atoms with E-state index in [2.05, 4.69) is 16.9 Å². The van der Waals surface area contributed by atoms with Crippen LogP contribution in [-0.2, 0) is 4.74 Å². The van der Waals surface area contributed by atoms with Crippen molar-refractivity contribution in [2.45, 2.75) is 18.4 Å². The van der Waals surface area contributed by atoms with Crippen LogP contribution in [0.25, 0.3) is 0 Å². The van der Waals surface area contributed by atoms with Gasteiger partial charge >= 0.3 is 5.69 Å². The van der Waals surface area contributed by atoms with Gasteiger partial charge in [-0.25, -0.2) is 9.18 Å². The average molecular weight is 351 g/mol. The highest BCUT2D eigenvalue weighted by atomic mass is 19.1. The second kappa shape index (κ2) is 6.59. The largest absolute Gasteiger partial charge is 0.459 e. The number of furan rings is 1. The molecule has 10 heteroatoms. The van der Waals surface area contributed by atoms with Gasteiger partial charge in [0.1, 0.15) is 12.2 Å². The molecule has 3 heterocycles. The van der Waals surface area contributed by atoms with Crippen molar-refractivity contribution in [3.63, 3.8) is 0 Å². The summed E-state index contributed by atoms with van der Waals surface area (Å²) in [4.78, 5) is 27.4. The van der Waals surface area contributed by atoms with Gasteiger partial charge in [0.15, 0.2) is 23.6 Å². The number of aliphatic hydroxyl groups is 2. The number of nitrogens with one attached hydrogen (secondary N) is 1. The van der Waals surface area contributed by atoms with Crippen LogP contribution in [0.15, 0.2) is 46.0 Å². The lowest BCUT2D eigenvalue weighted by atomic mass is 10.1. The first kappa shape index (κ1) is 17.0. The molecule has 1 amide bonds. The molecule has 0 aromatic carbocycles. The highest BCUT2D eigenvalue weighted by Crippen LogP contribution is 2.32. The number of carbonyl (C=O) groups is 1. The van der Waals surface area contributed by atoms with E-state index >= 15 is 0 Å². The van der Waals surface area contributed by atoms with Gasteiger partial charge in [-0.15, -0.1) is 0 Å². The van der Waals surface area contributed by atoms with Gasteiger partial charge in [-0.1, -0.05) is 6.58 Å². The zero-order valence-electron chi connectivity index (χ0n) is 12.8. The maximum absolute atomic E-state index is 14.2. The van der Waals surface area contributed by atoms with Crippen LogP contribution in [0.3, 0.4) is 0 Å². The van der Waals surface area contributed by atoms with Gasteiger partial charge in [0, 0.05) is 5.57 Å². The fourth-order valence-corrected chi connectivity index (χ4v) is 2.38. The Morgan fingerprint density at radius 1 is 1.52 bits per heavy atom. The molecule has 1 fully saturated rings. The van der Waals surface area contributed by atoms with Gasteiger partial charge < -0.3 is 24.7 Å². The van der Waals surface area contributed by atoms with Crippen LogP contribution in [0.2, 0.25) is 0 Å². The van der Waals surface area contributed by atoms with E-state index < -0.39 is 48.3 Å². The van der Waals surface area contributed by atoms with E-state index in [4.69, 9.17) is 14.3 Å². The first-order chi connectivity index (χ1) is 11.9. The molecule has 3 rings (SSSR count). The Hall–Kier alpha value is -2.82. The Bertz CT molecular complexity index is 863. The van der Waals surface area contributed by atoms with E-state index in [9.17, 15) is 19.1 Å². The summed E-state index contributed by atoms with van der Waals surface area (Å²) < 4.78 is 25.2. The molecule has 25 heavy (non-hydrogen) atoms. The van der Waals surface area contributed by atoms with E-state index in [0.717, 1.165) is 10.8 Å². The third-order valence-corrected chi connectivity index (χ3v) is 3.67. The van der Waals surface area contributed by atoms with E-state index in [1.165, 1.54) is 18.4 Å². The minimum absolute atomic E-state index is 0.0770. The highest BCUT2D eigenvalue weighted by Gasteiger charge is 2.39. The van der Waals surface area contributed by atoms with Crippen molar-refractivity contribution in [3.8, 4) is 0 Å². The summed E-state index contributed by atoms with van der Waals surface area (Å²) in [5.74, 6) is -2.43. The predicted octanol–water partition coefficient (Wildman–Crippen LogP) is 0.0345.